The van der Waals surface area contributed by atoms with Crippen molar-refractivity contribution in [2.75, 3.05) is 19.1 Å². The summed E-state index contributed by atoms with van der Waals surface area (Å²) in [5, 5.41) is 0. The van der Waals surface area contributed by atoms with Gasteiger partial charge in [0, 0.05) is 18.7 Å². The summed E-state index contributed by atoms with van der Waals surface area (Å²) in [7, 11) is 0. The van der Waals surface area contributed by atoms with E-state index in [0.29, 0.717) is 19.6 Å². The Labute approximate surface area is 163 Å². The summed E-state index contributed by atoms with van der Waals surface area (Å²) in [5.74, 6) is 0.300. The van der Waals surface area contributed by atoms with Crippen LogP contribution in [0.5, 0.6) is 0 Å². The average molecular weight is 387 g/mol. The lowest BCUT2D eigenvalue weighted by atomic mass is 9.93. The van der Waals surface area contributed by atoms with Crippen molar-refractivity contribution in [3.63, 3.8) is 0 Å². The number of carbonyl (C=O) groups is 2. The van der Waals surface area contributed by atoms with Gasteiger partial charge in [0.1, 0.15) is 6.61 Å². The molecule has 0 aromatic carbocycles. The molecule has 0 radical (unpaired) electrons. The van der Waals surface area contributed by atoms with Crippen molar-refractivity contribution in [3.05, 3.63) is 11.1 Å². The molecule has 0 saturated carbocycles. The van der Waals surface area contributed by atoms with E-state index in [2.05, 4.69) is 6.92 Å². The minimum absolute atomic E-state index is 0.217. The molecule has 0 fully saturated rings. The van der Waals surface area contributed by atoms with Gasteiger partial charge in [0.05, 0.1) is 6.61 Å². The molecule has 150 valence electrons. The molecule has 0 amide bonds. The number of carbonyl (C=O) groups excluding carboxylic acids is 2. The van der Waals surface area contributed by atoms with Gasteiger partial charge in [-0.1, -0.05) is 31.3 Å². The van der Waals surface area contributed by atoms with Gasteiger partial charge in [-0.25, -0.2) is 0 Å². The molecule has 0 unspecified atom stereocenters. The van der Waals surface area contributed by atoms with Crippen LogP contribution in [0.3, 0.4) is 0 Å². The van der Waals surface area contributed by atoms with Gasteiger partial charge in [0.25, 0.3) is 0 Å². The van der Waals surface area contributed by atoms with Crippen molar-refractivity contribution in [3.8, 4) is 0 Å². The fourth-order valence-electron chi connectivity index (χ4n) is 3.09. The third kappa shape index (κ3) is 11.6. The number of ether oxygens (including phenoxy) is 2. The molecular weight excluding hydrogens is 352 g/mol. The van der Waals surface area contributed by atoms with Crippen molar-refractivity contribution >= 4 is 23.5 Å². The van der Waals surface area contributed by atoms with Crippen LogP contribution < -0.4 is 0 Å². The molecule has 1 rings (SSSR count). The van der Waals surface area contributed by atoms with Crippen molar-refractivity contribution in [2.45, 2.75) is 90.4 Å². The summed E-state index contributed by atoms with van der Waals surface area (Å²) >= 11 is 5.63. The van der Waals surface area contributed by atoms with E-state index in [1.165, 1.54) is 36.8 Å². The van der Waals surface area contributed by atoms with Gasteiger partial charge < -0.3 is 9.47 Å². The standard InChI is InChI=1S/C21H35ClO4/c1-18-11-6-7-12-19(18)17-26-21(24)14-10-13-20(23)25-16-9-5-3-2-4-8-15-22/h2-17H2,1H3. The Hall–Kier alpha value is -1.03. The molecule has 0 aromatic heterocycles. The van der Waals surface area contributed by atoms with Crippen molar-refractivity contribution in [1.82, 2.24) is 0 Å². The van der Waals surface area contributed by atoms with Gasteiger partial charge >= 0.3 is 11.9 Å². The number of hydrogen-bond acceptors (Lipinski definition) is 4. The first-order valence-corrected chi connectivity index (χ1v) is 10.7. The van der Waals surface area contributed by atoms with E-state index >= 15 is 0 Å². The Bertz CT molecular complexity index is 445. The normalized spacial score (nSPS) is 14.4. The largest absolute Gasteiger partial charge is 0.466 e. The maximum atomic E-state index is 11.8. The number of halogens is 1. The number of allylic oxidation sites excluding steroid dienone is 1. The zero-order valence-corrected chi connectivity index (χ0v) is 17.1. The minimum atomic E-state index is -0.222. The van der Waals surface area contributed by atoms with Crippen LogP contribution in [-0.4, -0.2) is 31.0 Å². The summed E-state index contributed by atoms with van der Waals surface area (Å²) in [6.45, 7) is 3.02. The van der Waals surface area contributed by atoms with Gasteiger partial charge in [-0.3, -0.25) is 9.59 Å². The molecule has 0 atom stereocenters. The summed E-state index contributed by atoms with van der Waals surface area (Å²) in [5.41, 5.74) is 2.64. The van der Waals surface area contributed by atoms with Crippen LogP contribution in [0.1, 0.15) is 90.4 Å². The van der Waals surface area contributed by atoms with E-state index in [1.54, 1.807) is 0 Å². The Morgan fingerprint density at radius 2 is 1.46 bits per heavy atom. The van der Waals surface area contributed by atoms with Crippen LogP contribution in [0.4, 0.5) is 0 Å². The molecule has 0 N–H and O–H groups in total. The second-order valence-corrected chi connectivity index (χ2v) is 7.51. The SMILES string of the molecule is CC1=C(COC(=O)CCCC(=O)OCCCCCCCCCl)CCCC1. The van der Waals surface area contributed by atoms with Crippen LogP contribution in [0.15, 0.2) is 11.1 Å². The zero-order valence-electron chi connectivity index (χ0n) is 16.3. The lowest BCUT2D eigenvalue weighted by Gasteiger charge is -2.17. The summed E-state index contributed by atoms with van der Waals surface area (Å²) in [4.78, 5) is 23.4. The maximum Gasteiger partial charge on any atom is 0.306 e. The molecule has 0 aromatic rings. The highest BCUT2D eigenvalue weighted by atomic mass is 35.5. The van der Waals surface area contributed by atoms with Gasteiger partial charge in [0.2, 0.25) is 0 Å². The summed E-state index contributed by atoms with van der Waals surface area (Å²) < 4.78 is 10.5. The Balaban J connectivity index is 1.96. The van der Waals surface area contributed by atoms with Crippen LogP contribution in [0.2, 0.25) is 0 Å². The first-order valence-electron chi connectivity index (χ1n) is 10.2. The zero-order chi connectivity index (χ0) is 19.0. The molecule has 1 aliphatic carbocycles. The highest BCUT2D eigenvalue weighted by molar-refractivity contribution is 6.17. The molecule has 0 spiro atoms. The second-order valence-electron chi connectivity index (χ2n) is 7.14. The van der Waals surface area contributed by atoms with Crippen LogP contribution >= 0.6 is 11.6 Å². The van der Waals surface area contributed by atoms with Crippen LogP contribution in [0.25, 0.3) is 0 Å². The Morgan fingerprint density at radius 3 is 2.15 bits per heavy atom. The molecule has 26 heavy (non-hydrogen) atoms. The third-order valence-corrected chi connectivity index (χ3v) is 5.11. The van der Waals surface area contributed by atoms with Crippen molar-refractivity contribution < 1.29 is 19.1 Å². The summed E-state index contributed by atoms with van der Waals surface area (Å²) in [6.07, 6.45) is 12.2. The second kappa shape index (κ2) is 15.1. The lowest BCUT2D eigenvalue weighted by molar-refractivity contribution is -0.145. The highest BCUT2D eigenvalue weighted by Gasteiger charge is 2.12. The van der Waals surface area contributed by atoms with E-state index in [0.717, 1.165) is 44.4 Å². The van der Waals surface area contributed by atoms with E-state index < -0.39 is 0 Å². The smallest absolute Gasteiger partial charge is 0.306 e. The highest BCUT2D eigenvalue weighted by Crippen LogP contribution is 2.24. The van der Waals surface area contributed by atoms with Crippen molar-refractivity contribution in [1.29, 1.82) is 0 Å². The number of esters is 2. The molecular formula is C21H35ClO4. The van der Waals surface area contributed by atoms with E-state index in [4.69, 9.17) is 21.1 Å². The van der Waals surface area contributed by atoms with Crippen LogP contribution in [0, 0.1) is 0 Å². The van der Waals surface area contributed by atoms with Gasteiger partial charge in [-0.2, -0.15) is 0 Å². The topological polar surface area (TPSA) is 52.6 Å². The fourth-order valence-corrected chi connectivity index (χ4v) is 3.28. The molecule has 0 aliphatic heterocycles. The van der Waals surface area contributed by atoms with E-state index in [9.17, 15) is 9.59 Å². The predicted octanol–water partition coefficient (Wildman–Crippen LogP) is 5.71. The maximum absolute atomic E-state index is 11.8. The monoisotopic (exact) mass is 386 g/mol. The van der Waals surface area contributed by atoms with Crippen LogP contribution in [-0.2, 0) is 19.1 Å². The number of rotatable bonds is 14. The van der Waals surface area contributed by atoms with Gasteiger partial charge in [-0.15, -0.1) is 11.6 Å². The van der Waals surface area contributed by atoms with Crippen molar-refractivity contribution in [2.24, 2.45) is 0 Å². The third-order valence-electron chi connectivity index (χ3n) is 4.84. The summed E-state index contributed by atoms with van der Waals surface area (Å²) in [6, 6.07) is 0. The Kier molecular flexibility index (Phi) is 13.3. The van der Waals surface area contributed by atoms with Gasteiger partial charge in [-0.05, 0) is 57.4 Å². The molecule has 4 nitrogen and oxygen atoms in total. The first-order chi connectivity index (χ1) is 12.6. The number of hydrogen-bond donors (Lipinski definition) is 0. The molecule has 0 bridgehead atoms. The Morgan fingerprint density at radius 1 is 0.846 bits per heavy atom. The molecule has 1 aliphatic rings. The lowest BCUT2D eigenvalue weighted by Crippen LogP contribution is -2.12. The first kappa shape index (κ1) is 23.0. The van der Waals surface area contributed by atoms with Gasteiger partial charge in [0.15, 0.2) is 0 Å². The fraction of sp³-hybridized carbons (Fsp3) is 0.810. The molecule has 0 saturated heterocycles. The minimum Gasteiger partial charge on any atom is -0.466 e. The average Bonchev–Trinajstić information content (AvgIpc) is 2.63. The quantitative estimate of drug-likeness (QED) is 0.166. The van der Waals surface area contributed by atoms with E-state index in [1.807, 2.05) is 0 Å². The predicted molar refractivity (Wildman–Crippen MR) is 105 cm³/mol. The number of unbranched alkanes of at least 4 members (excludes halogenated alkanes) is 5. The molecule has 0 heterocycles. The number of alkyl halides is 1. The molecule has 5 heteroatoms. The van der Waals surface area contributed by atoms with E-state index in [-0.39, 0.29) is 24.8 Å².